The number of hydrogen-bond donors (Lipinski definition) is 3. The molecule has 0 fully saturated rings. The maximum Gasteiger partial charge on any atom is 0.258 e. The van der Waals surface area contributed by atoms with E-state index in [0.717, 1.165) is 11.1 Å². The summed E-state index contributed by atoms with van der Waals surface area (Å²) in [6.07, 6.45) is 3.40. The number of nitrogens with one attached hydrogen (secondary N) is 3. The second-order valence-corrected chi connectivity index (χ2v) is 7.38. The average Bonchev–Trinajstić information content (AvgIpc) is 3.27. The largest absolute Gasteiger partial charge is 0.454 e. The lowest BCUT2D eigenvalue weighted by Crippen LogP contribution is -2.36. The van der Waals surface area contributed by atoms with Crippen LogP contribution in [-0.4, -0.2) is 29.6 Å². The van der Waals surface area contributed by atoms with Crippen LogP contribution in [0, 0.1) is 6.92 Å². The molecule has 0 spiro atoms. The number of amides is 2. The third-order valence-corrected chi connectivity index (χ3v) is 4.82. The molecule has 3 aromatic rings. The molecule has 168 valence electrons. The van der Waals surface area contributed by atoms with Crippen molar-refractivity contribution in [2.75, 3.05) is 17.4 Å². The molecule has 9 nitrogen and oxygen atoms in total. The van der Waals surface area contributed by atoms with Crippen molar-refractivity contribution in [1.29, 1.82) is 0 Å². The van der Waals surface area contributed by atoms with Crippen LogP contribution in [0.2, 0.25) is 0 Å². The molecule has 2 aromatic carbocycles. The van der Waals surface area contributed by atoms with Crippen molar-refractivity contribution >= 4 is 29.1 Å². The monoisotopic (exact) mass is 445 g/mol. The van der Waals surface area contributed by atoms with Crippen molar-refractivity contribution in [1.82, 2.24) is 10.3 Å². The summed E-state index contributed by atoms with van der Waals surface area (Å²) in [5, 5.41) is 8.68. The second kappa shape index (κ2) is 9.82. The number of aromatic nitrogens is 1. The second-order valence-electron chi connectivity index (χ2n) is 7.38. The van der Waals surface area contributed by atoms with Crippen molar-refractivity contribution in [3.63, 3.8) is 0 Å². The number of benzene rings is 2. The Morgan fingerprint density at radius 3 is 2.70 bits per heavy atom. The van der Waals surface area contributed by atoms with E-state index in [1.54, 1.807) is 48.8 Å². The molecule has 4 rings (SSSR count). The van der Waals surface area contributed by atoms with Crippen molar-refractivity contribution in [2.24, 2.45) is 4.99 Å². The fraction of sp³-hybridized carbons (Fsp3) is 0.167. The molecule has 0 atom stereocenters. The van der Waals surface area contributed by atoms with Gasteiger partial charge in [-0.2, -0.15) is 0 Å². The van der Waals surface area contributed by atoms with Crippen LogP contribution in [0.1, 0.15) is 28.4 Å². The Labute approximate surface area is 190 Å². The molecule has 2 amide bonds. The molecule has 0 bridgehead atoms. The molecule has 0 unspecified atom stereocenters. The molecule has 1 aromatic heterocycles. The quantitative estimate of drug-likeness (QED) is 0.409. The van der Waals surface area contributed by atoms with Gasteiger partial charge in [0.25, 0.3) is 5.91 Å². The number of hydrogen-bond acceptors (Lipinski definition) is 6. The van der Waals surface area contributed by atoms with E-state index in [9.17, 15) is 9.59 Å². The Kier molecular flexibility index (Phi) is 6.49. The summed E-state index contributed by atoms with van der Waals surface area (Å²) in [7, 11) is 0. The van der Waals surface area contributed by atoms with Gasteiger partial charge in [-0.3, -0.25) is 19.9 Å². The third-order valence-electron chi connectivity index (χ3n) is 4.82. The lowest BCUT2D eigenvalue weighted by atomic mass is 10.1. The predicted molar refractivity (Wildman–Crippen MR) is 125 cm³/mol. The Morgan fingerprint density at radius 2 is 1.91 bits per heavy atom. The highest BCUT2D eigenvalue weighted by Gasteiger charge is 2.16. The van der Waals surface area contributed by atoms with Crippen LogP contribution >= 0.6 is 0 Å². The number of ether oxygens (including phenoxy) is 2. The topological polar surface area (TPSA) is 114 Å². The molecule has 33 heavy (non-hydrogen) atoms. The number of nitrogens with zero attached hydrogens (tertiary/aromatic N) is 2. The van der Waals surface area contributed by atoms with E-state index in [1.165, 1.54) is 6.92 Å². The van der Waals surface area contributed by atoms with Crippen LogP contribution in [0.25, 0.3) is 0 Å². The summed E-state index contributed by atoms with van der Waals surface area (Å²) in [6, 6.07) is 14.2. The summed E-state index contributed by atoms with van der Waals surface area (Å²) in [4.78, 5) is 33.1. The zero-order valence-corrected chi connectivity index (χ0v) is 18.2. The molecule has 0 saturated heterocycles. The molecular weight excluding hydrogens is 422 g/mol. The Bertz CT molecular complexity index is 1210. The predicted octanol–water partition coefficient (Wildman–Crippen LogP) is 3.48. The van der Waals surface area contributed by atoms with E-state index in [2.05, 4.69) is 25.9 Å². The summed E-state index contributed by atoms with van der Waals surface area (Å²) >= 11 is 0. The van der Waals surface area contributed by atoms with E-state index >= 15 is 0 Å². The SMILES string of the molecule is CC(=O)Nc1cc(C(=O)NC(=NCc2cccnc2)Nc2ccc3c(c2)OCO3)ccc1C. The van der Waals surface area contributed by atoms with Crippen LogP contribution < -0.4 is 25.4 Å². The van der Waals surface area contributed by atoms with Crippen molar-refractivity contribution < 1.29 is 19.1 Å². The van der Waals surface area contributed by atoms with E-state index < -0.39 is 0 Å². The smallest absolute Gasteiger partial charge is 0.258 e. The number of aryl methyl sites for hydroxylation is 1. The Hall–Kier alpha value is -4.40. The Morgan fingerprint density at radius 1 is 1.06 bits per heavy atom. The number of carbonyl (C=O) groups is 2. The van der Waals surface area contributed by atoms with Gasteiger partial charge >= 0.3 is 0 Å². The molecule has 0 aliphatic carbocycles. The molecule has 0 radical (unpaired) electrons. The first kappa shape index (κ1) is 21.8. The fourth-order valence-corrected chi connectivity index (χ4v) is 3.15. The average molecular weight is 445 g/mol. The zero-order chi connectivity index (χ0) is 23.2. The number of fused-ring (bicyclic) bond motifs is 1. The summed E-state index contributed by atoms with van der Waals surface area (Å²) in [5.74, 6) is 0.933. The van der Waals surface area contributed by atoms with E-state index in [0.29, 0.717) is 35.0 Å². The fourth-order valence-electron chi connectivity index (χ4n) is 3.15. The summed E-state index contributed by atoms with van der Waals surface area (Å²) < 4.78 is 10.8. The zero-order valence-electron chi connectivity index (χ0n) is 18.2. The maximum atomic E-state index is 13.0. The molecule has 9 heteroatoms. The highest BCUT2D eigenvalue weighted by Crippen LogP contribution is 2.34. The third kappa shape index (κ3) is 5.65. The number of pyridine rings is 1. The minimum atomic E-state index is -0.375. The lowest BCUT2D eigenvalue weighted by molar-refractivity contribution is -0.114. The van der Waals surface area contributed by atoms with Gasteiger partial charge in [0, 0.05) is 42.3 Å². The van der Waals surface area contributed by atoms with E-state index in [-0.39, 0.29) is 24.6 Å². The van der Waals surface area contributed by atoms with Gasteiger partial charge in [0.05, 0.1) is 6.54 Å². The number of carbonyl (C=O) groups excluding carboxylic acids is 2. The van der Waals surface area contributed by atoms with Gasteiger partial charge in [-0.15, -0.1) is 0 Å². The highest BCUT2D eigenvalue weighted by molar-refractivity contribution is 6.10. The highest BCUT2D eigenvalue weighted by atomic mass is 16.7. The first-order valence-electron chi connectivity index (χ1n) is 10.3. The van der Waals surface area contributed by atoms with Crippen molar-refractivity contribution in [2.45, 2.75) is 20.4 Å². The van der Waals surface area contributed by atoms with Gasteiger partial charge in [0.1, 0.15) is 0 Å². The molecule has 2 heterocycles. The van der Waals surface area contributed by atoms with Crippen LogP contribution in [-0.2, 0) is 11.3 Å². The number of guanidine groups is 1. The first-order valence-corrected chi connectivity index (χ1v) is 10.3. The summed E-state index contributed by atoms with van der Waals surface area (Å²) in [6.45, 7) is 3.76. The molecule has 3 N–H and O–H groups in total. The van der Waals surface area contributed by atoms with Crippen LogP contribution in [0.15, 0.2) is 65.9 Å². The summed E-state index contributed by atoms with van der Waals surface area (Å²) in [5.41, 5.74) is 3.37. The normalized spacial score (nSPS) is 12.2. The number of aliphatic imine (C=N–C) groups is 1. The minimum Gasteiger partial charge on any atom is -0.454 e. The van der Waals surface area contributed by atoms with Crippen molar-refractivity contribution in [3.8, 4) is 11.5 Å². The minimum absolute atomic E-state index is 0.168. The Balaban J connectivity index is 1.56. The number of anilines is 2. The maximum absolute atomic E-state index is 13.0. The van der Waals surface area contributed by atoms with E-state index in [4.69, 9.17) is 9.47 Å². The van der Waals surface area contributed by atoms with E-state index in [1.807, 2.05) is 19.1 Å². The molecule has 1 aliphatic rings. The van der Waals surface area contributed by atoms with Crippen LogP contribution in [0.3, 0.4) is 0 Å². The molecule has 0 saturated carbocycles. The van der Waals surface area contributed by atoms with Crippen LogP contribution in [0.4, 0.5) is 11.4 Å². The van der Waals surface area contributed by atoms with Gasteiger partial charge in [-0.25, -0.2) is 4.99 Å². The standard InChI is InChI=1S/C24H23N5O4/c1-15-5-6-18(10-20(15)27-16(2)30)23(31)29-24(26-13-17-4-3-9-25-12-17)28-19-7-8-21-22(11-19)33-14-32-21/h3-12H,13-14H2,1-2H3,(H,27,30)(H2,26,28,29,31). The van der Waals surface area contributed by atoms with Crippen LogP contribution in [0.5, 0.6) is 11.5 Å². The van der Waals surface area contributed by atoms with Crippen molar-refractivity contribution in [3.05, 3.63) is 77.6 Å². The number of rotatable bonds is 5. The van der Waals surface area contributed by atoms with Gasteiger partial charge in [0.2, 0.25) is 18.7 Å². The van der Waals surface area contributed by atoms with Gasteiger partial charge < -0.3 is 20.1 Å². The van der Waals surface area contributed by atoms with Gasteiger partial charge in [-0.05, 0) is 48.4 Å². The van der Waals surface area contributed by atoms with Gasteiger partial charge in [0.15, 0.2) is 11.5 Å². The first-order chi connectivity index (χ1) is 16.0. The molecule has 1 aliphatic heterocycles. The van der Waals surface area contributed by atoms with Gasteiger partial charge in [-0.1, -0.05) is 12.1 Å². The lowest BCUT2D eigenvalue weighted by Gasteiger charge is -2.14. The molecular formula is C24H23N5O4.